The maximum Gasteiger partial charge on any atom is 0.416 e. The standard InChI is InChI=1S/C11H11ClF3NO/c1-6(2)10(17)16-9-4-7(11(13,14)15)3-8(12)5-9/h3-6H,1-2H3,(H,16,17). The number of anilines is 1. The first-order chi connectivity index (χ1) is 7.70. The van der Waals surface area contributed by atoms with Crippen LogP contribution in [0.15, 0.2) is 18.2 Å². The van der Waals surface area contributed by atoms with Gasteiger partial charge in [-0.1, -0.05) is 25.4 Å². The number of benzene rings is 1. The van der Waals surface area contributed by atoms with E-state index < -0.39 is 11.7 Å². The van der Waals surface area contributed by atoms with Crippen LogP contribution < -0.4 is 5.32 Å². The lowest BCUT2D eigenvalue weighted by atomic mass is 10.1. The fraction of sp³-hybridized carbons (Fsp3) is 0.364. The average molecular weight is 266 g/mol. The van der Waals surface area contributed by atoms with Crippen LogP contribution in [0.5, 0.6) is 0 Å². The lowest BCUT2D eigenvalue weighted by Gasteiger charge is -2.12. The van der Waals surface area contributed by atoms with Crippen molar-refractivity contribution in [3.63, 3.8) is 0 Å². The molecule has 0 radical (unpaired) electrons. The number of halogens is 4. The summed E-state index contributed by atoms with van der Waals surface area (Å²) in [4.78, 5) is 11.3. The number of alkyl halides is 3. The summed E-state index contributed by atoms with van der Waals surface area (Å²) >= 11 is 5.57. The summed E-state index contributed by atoms with van der Waals surface area (Å²) in [5.74, 6) is -0.677. The summed E-state index contributed by atoms with van der Waals surface area (Å²) in [6.07, 6.45) is -4.48. The minimum atomic E-state index is -4.48. The molecule has 1 amide bonds. The SMILES string of the molecule is CC(C)C(=O)Nc1cc(Cl)cc(C(F)(F)F)c1. The van der Waals surface area contributed by atoms with Crippen LogP contribution >= 0.6 is 11.6 Å². The summed E-state index contributed by atoms with van der Waals surface area (Å²) in [5.41, 5.74) is -0.840. The zero-order valence-corrected chi connectivity index (χ0v) is 9.99. The Hall–Kier alpha value is -1.23. The molecule has 0 saturated carbocycles. The highest BCUT2D eigenvalue weighted by Crippen LogP contribution is 2.33. The van der Waals surface area contributed by atoms with Gasteiger partial charge in [0.2, 0.25) is 5.91 Å². The van der Waals surface area contributed by atoms with Gasteiger partial charge in [-0.3, -0.25) is 4.79 Å². The molecule has 1 rings (SSSR count). The molecule has 1 aromatic rings. The van der Waals surface area contributed by atoms with E-state index in [-0.39, 0.29) is 22.5 Å². The van der Waals surface area contributed by atoms with Gasteiger partial charge < -0.3 is 5.32 Å². The quantitative estimate of drug-likeness (QED) is 0.862. The Morgan fingerprint density at radius 3 is 2.35 bits per heavy atom. The Balaban J connectivity index is 3.02. The molecule has 0 unspecified atom stereocenters. The molecule has 0 spiro atoms. The molecule has 1 aromatic carbocycles. The van der Waals surface area contributed by atoms with Gasteiger partial charge in [-0.25, -0.2) is 0 Å². The van der Waals surface area contributed by atoms with Crippen LogP contribution in [-0.4, -0.2) is 5.91 Å². The summed E-state index contributed by atoms with van der Waals surface area (Å²) in [6, 6.07) is 2.94. The fourth-order valence-electron chi connectivity index (χ4n) is 1.11. The lowest BCUT2D eigenvalue weighted by molar-refractivity contribution is -0.137. The molecule has 2 nitrogen and oxygen atoms in total. The second kappa shape index (κ2) is 4.96. The number of carbonyl (C=O) groups is 1. The van der Waals surface area contributed by atoms with Crippen LogP contribution in [-0.2, 0) is 11.0 Å². The molecule has 0 bridgehead atoms. The lowest BCUT2D eigenvalue weighted by Crippen LogP contribution is -2.18. The van der Waals surface area contributed by atoms with E-state index in [1.807, 2.05) is 0 Å². The zero-order chi connectivity index (χ0) is 13.2. The van der Waals surface area contributed by atoms with Crippen molar-refractivity contribution in [2.24, 2.45) is 5.92 Å². The molecule has 0 fully saturated rings. The van der Waals surface area contributed by atoms with Crippen LogP contribution in [0.4, 0.5) is 18.9 Å². The molecule has 0 aromatic heterocycles. The van der Waals surface area contributed by atoms with Crippen molar-refractivity contribution in [3.05, 3.63) is 28.8 Å². The van der Waals surface area contributed by atoms with E-state index >= 15 is 0 Å². The predicted molar refractivity (Wildman–Crippen MR) is 59.9 cm³/mol. The number of nitrogens with one attached hydrogen (secondary N) is 1. The van der Waals surface area contributed by atoms with Gasteiger partial charge >= 0.3 is 6.18 Å². The summed E-state index contributed by atoms with van der Waals surface area (Å²) < 4.78 is 37.4. The van der Waals surface area contributed by atoms with E-state index in [1.54, 1.807) is 13.8 Å². The van der Waals surface area contributed by atoms with Crippen LogP contribution in [0, 0.1) is 5.92 Å². The maximum atomic E-state index is 12.5. The van der Waals surface area contributed by atoms with Gasteiger partial charge in [0.25, 0.3) is 0 Å². The minimum absolute atomic E-state index is 0.0449. The monoisotopic (exact) mass is 265 g/mol. The first-order valence-electron chi connectivity index (χ1n) is 4.89. The van der Waals surface area contributed by atoms with Gasteiger partial charge in [0, 0.05) is 16.6 Å². The normalized spacial score (nSPS) is 11.7. The number of rotatable bonds is 2. The van der Waals surface area contributed by atoms with Gasteiger partial charge in [-0.05, 0) is 18.2 Å². The van der Waals surface area contributed by atoms with Crippen molar-refractivity contribution in [2.75, 3.05) is 5.32 Å². The molecular weight excluding hydrogens is 255 g/mol. The second-order valence-electron chi connectivity index (χ2n) is 3.87. The highest BCUT2D eigenvalue weighted by atomic mass is 35.5. The van der Waals surface area contributed by atoms with Gasteiger partial charge in [0.15, 0.2) is 0 Å². The zero-order valence-electron chi connectivity index (χ0n) is 9.23. The molecule has 0 saturated heterocycles. The number of carbonyl (C=O) groups excluding carboxylic acids is 1. The van der Waals surface area contributed by atoms with E-state index in [0.29, 0.717) is 0 Å². The molecule has 0 aliphatic heterocycles. The first kappa shape index (κ1) is 13.8. The van der Waals surface area contributed by atoms with Crippen molar-refractivity contribution in [2.45, 2.75) is 20.0 Å². The van der Waals surface area contributed by atoms with Crippen molar-refractivity contribution >= 4 is 23.2 Å². The number of hydrogen-bond acceptors (Lipinski definition) is 1. The van der Waals surface area contributed by atoms with Crippen molar-refractivity contribution in [1.29, 1.82) is 0 Å². The van der Waals surface area contributed by atoms with Crippen molar-refractivity contribution in [3.8, 4) is 0 Å². The molecule has 0 heterocycles. The Bertz CT molecular complexity index is 429. The van der Waals surface area contributed by atoms with Crippen LogP contribution in [0.1, 0.15) is 19.4 Å². The van der Waals surface area contributed by atoms with E-state index in [9.17, 15) is 18.0 Å². The smallest absolute Gasteiger partial charge is 0.326 e. The number of hydrogen-bond donors (Lipinski definition) is 1. The number of amides is 1. The van der Waals surface area contributed by atoms with E-state index in [2.05, 4.69) is 5.32 Å². The largest absolute Gasteiger partial charge is 0.416 e. The Morgan fingerprint density at radius 2 is 1.88 bits per heavy atom. The molecule has 17 heavy (non-hydrogen) atoms. The molecule has 0 aliphatic carbocycles. The molecule has 0 aliphatic rings. The van der Waals surface area contributed by atoms with Gasteiger partial charge in [-0.2, -0.15) is 13.2 Å². The molecule has 94 valence electrons. The third-order valence-electron chi connectivity index (χ3n) is 2.02. The molecule has 0 atom stereocenters. The van der Waals surface area contributed by atoms with Crippen LogP contribution in [0.3, 0.4) is 0 Å². The second-order valence-corrected chi connectivity index (χ2v) is 4.31. The van der Waals surface area contributed by atoms with Crippen LogP contribution in [0.25, 0.3) is 0 Å². The van der Waals surface area contributed by atoms with Gasteiger partial charge in [0.05, 0.1) is 5.56 Å². The Labute approximate surface area is 102 Å². The molecular formula is C11H11ClF3NO. The third-order valence-corrected chi connectivity index (χ3v) is 2.24. The average Bonchev–Trinajstić information content (AvgIpc) is 2.15. The van der Waals surface area contributed by atoms with Gasteiger partial charge in [-0.15, -0.1) is 0 Å². The first-order valence-corrected chi connectivity index (χ1v) is 5.26. The molecule has 6 heteroatoms. The topological polar surface area (TPSA) is 29.1 Å². The summed E-state index contributed by atoms with van der Waals surface area (Å²) in [6.45, 7) is 3.29. The van der Waals surface area contributed by atoms with E-state index in [4.69, 9.17) is 11.6 Å². The van der Waals surface area contributed by atoms with E-state index in [1.165, 1.54) is 6.07 Å². The summed E-state index contributed by atoms with van der Waals surface area (Å²) in [7, 11) is 0. The van der Waals surface area contributed by atoms with Crippen molar-refractivity contribution < 1.29 is 18.0 Å². The maximum absolute atomic E-state index is 12.5. The predicted octanol–water partition coefficient (Wildman–Crippen LogP) is 3.95. The highest BCUT2D eigenvalue weighted by Gasteiger charge is 2.31. The molecule has 1 N–H and O–H groups in total. The van der Waals surface area contributed by atoms with E-state index in [0.717, 1.165) is 12.1 Å². The van der Waals surface area contributed by atoms with Crippen LogP contribution in [0.2, 0.25) is 5.02 Å². The van der Waals surface area contributed by atoms with Crippen molar-refractivity contribution in [1.82, 2.24) is 0 Å². The minimum Gasteiger partial charge on any atom is -0.326 e. The Kier molecular flexibility index (Phi) is 4.03. The highest BCUT2D eigenvalue weighted by molar-refractivity contribution is 6.31. The van der Waals surface area contributed by atoms with Gasteiger partial charge in [0.1, 0.15) is 0 Å². The Morgan fingerprint density at radius 1 is 1.29 bits per heavy atom. The fourth-order valence-corrected chi connectivity index (χ4v) is 1.35. The summed E-state index contributed by atoms with van der Waals surface area (Å²) in [5, 5.41) is 2.30. The third kappa shape index (κ3) is 3.93.